The number of nitrogens with one attached hydrogen (secondary N) is 3. The van der Waals surface area contributed by atoms with Gasteiger partial charge in [0, 0.05) is 43.9 Å². The number of hydrogen-bond donors (Lipinski definition) is 4. The highest BCUT2D eigenvalue weighted by atomic mass is 19.1. The van der Waals surface area contributed by atoms with E-state index in [2.05, 4.69) is 30.8 Å². The number of carbonyl (C=O) groups is 1. The number of halogens is 1. The fraction of sp³-hybridized carbons (Fsp3) is 0.667. The highest BCUT2D eigenvalue weighted by Crippen LogP contribution is 2.30. The molecule has 1 unspecified atom stereocenters. The Morgan fingerprint density at radius 1 is 1.29 bits per heavy atom. The predicted molar refractivity (Wildman–Crippen MR) is 132 cm³/mol. The summed E-state index contributed by atoms with van der Waals surface area (Å²) in [5, 5.41) is 23.0. The summed E-state index contributed by atoms with van der Waals surface area (Å²) in [7, 11) is 1.95. The molecule has 194 valence electrons. The highest BCUT2D eigenvalue weighted by Gasteiger charge is 2.34. The average molecular weight is 492 g/mol. The van der Waals surface area contributed by atoms with E-state index in [0.717, 1.165) is 18.5 Å². The van der Waals surface area contributed by atoms with Crippen LogP contribution in [0.3, 0.4) is 0 Å². The van der Waals surface area contributed by atoms with Gasteiger partial charge in [0.1, 0.15) is 11.3 Å². The molecule has 0 amide bonds. The fourth-order valence-electron chi connectivity index (χ4n) is 4.58. The number of aliphatic hydroxyl groups is 1. The van der Waals surface area contributed by atoms with Gasteiger partial charge < -0.3 is 25.4 Å². The summed E-state index contributed by atoms with van der Waals surface area (Å²) in [5.74, 6) is 0.0330. The van der Waals surface area contributed by atoms with Crippen molar-refractivity contribution in [2.45, 2.75) is 97.1 Å². The smallest absolute Gasteiger partial charge is 0.303 e. The molecule has 2 aromatic rings. The van der Waals surface area contributed by atoms with Gasteiger partial charge in [-0.2, -0.15) is 10.1 Å². The first-order chi connectivity index (χ1) is 16.4. The SMILES string of the molecule is CC(=O)OC(C)(C)C.Cc1cc(Nc2nc(N(C)C3C[C@H]4CCC[C@@H](C3)N4)nc(CO)c2F)n[nH]1. The summed E-state index contributed by atoms with van der Waals surface area (Å²) in [6, 6.07) is 3.09. The van der Waals surface area contributed by atoms with Crippen molar-refractivity contribution in [3.05, 3.63) is 23.3 Å². The first-order valence-electron chi connectivity index (χ1n) is 12.1. The third-order valence-electron chi connectivity index (χ3n) is 6.01. The lowest BCUT2D eigenvalue weighted by molar-refractivity contribution is -0.151. The number of hydrogen-bond acceptors (Lipinski definition) is 9. The number of H-pyrrole nitrogens is 1. The normalized spacial score (nSPS) is 21.5. The number of aromatic amines is 1. The van der Waals surface area contributed by atoms with Crippen LogP contribution in [-0.2, 0) is 16.1 Å². The first-order valence-corrected chi connectivity index (χ1v) is 12.1. The molecule has 4 N–H and O–H groups in total. The minimum atomic E-state index is -0.655. The van der Waals surface area contributed by atoms with E-state index in [1.807, 2.05) is 39.6 Å². The maximum absolute atomic E-state index is 14.6. The predicted octanol–water partition coefficient (Wildman–Crippen LogP) is 3.34. The Hall–Kier alpha value is -2.79. The van der Waals surface area contributed by atoms with Crippen molar-refractivity contribution in [2.24, 2.45) is 0 Å². The van der Waals surface area contributed by atoms with Crippen LogP contribution in [0.1, 0.15) is 71.2 Å². The number of anilines is 3. The van der Waals surface area contributed by atoms with E-state index >= 15 is 0 Å². The molecule has 11 heteroatoms. The van der Waals surface area contributed by atoms with Crippen molar-refractivity contribution in [2.75, 3.05) is 17.3 Å². The largest absolute Gasteiger partial charge is 0.460 e. The van der Waals surface area contributed by atoms with E-state index in [1.54, 1.807) is 6.07 Å². The molecule has 4 heterocycles. The van der Waals surface area contributed by atoms with Crippen LogP contribution in [-0.4, -0.2) is 62.0 Å². The van der Waals surface area contributed by atoms with Gasteiger partial charge in [0.25, 0.3) is 0 Å². The standard InChI is InChI=1S/C18H26FN7O.C6H12O2/c1-10-6-15(25-24-10)22-17-16(19)14(9-27)21-18(23-17)26(2)13-7-11-4-3-5-12(8-13)20-11;1-5(7)8-6(2,3)4/h6,11-13,20,27H,3-5,7-9H2,1-2H3,(H2,21,22,23,24,25);1-4H3/t11-,12+,13?;. The lowest BCUT2D eigenvalue weighted by Gasteiger charge is -2.43. The number of rotatable bonds is 5. The van der Waals surface area contributed by atoms with E-state index in [9.17, 15) is 14.3 Å². The number of ether oxygens (including phenoxy) is 1. The second-order valence-electron chi connectivity index (χ2n) is 10.3. The van der Waals surface area contributed by atoms with Crippen LogP contribution in [0.25, 0.3) is 0 Å². The summed E-state index contributed by atoms with van der Waals surface area (Å²) in [6.07, 6.45) is 5.70. The Morgan fingerprint density at radius 2 is 1.94 bits per heavy atom. The summed E-state index contributed by atoms with van der Waals surface area (Å²) >= 11 is 0. The summed E-state index contributed by atoms with van der Waals surface area (Å²) < 4.78 is 19.4. The molecule has 2 bridgehead atoms. The Morgan fingerprint density at radius 3 is 2.43 bits per heavy atom. The zero-order valence-electron chi connectivity index (χ0n) is 21.5. The molecule has 0 spiro atoms. The summed E-state index contributed by atoms with van der Waals surface area (Å²) in [5.41, 5.74) is 0.509. The maximum atomic E-state index is 14.6. The topological polar surface area (TPSA) is 128 Å². The number of aromatic nitrogens is 4. The summed E-state index contributed by atoms with van der Waals surface area (Å²) in [4.78, 5) is 20.9. The van der Waals surface area contributed by atoms with Crippen molar-refractivity contribution in [1.29, 1.82) is 0 Å². The van der Waals surface area contributed by atoms with Crippen LogP contribution in [0, 0.1) is 12.7 Å². The van der Waals surface area contributed by atoms with E-state index in [1.165, 1.54) is 26.2 Å². The second kappa shape index (κ2) is 11.3. The number of aliphatic hydroxyl groups excluding tert-OH is 1. The Balaban J connectivity index is 0.000000371. The minimum Gasteiger partial charge on any atom is -0.460 e. The molecule has 2 aromatic heterocycles. The highest BCUT2D eigenvalue weighted by molar-refractivity contribution is 5.66. The van der Waals surface area contributed by atoms with E-state index in [-0.39, 0.29) is 23.1 Å². The third-order valence-corrected chi connectivity index (χ3v) is 6.01. The van der Waals surface area contributed by atoms with Gasteiger partial charge in [-0.3, -0.25) is 9.89 Å². The number of nitrogens with zero attached hydrogens (tertiary/aromatic N) is 4. The van der Waals surface area contributed by atoms with Crippen LogP contribution >= 0.6 is 0 Å². The van der Waals surface area contributed by atoms with E-state index in [0.29, 0.717) is 29.9 Å². The van der Waals surface area contributed by atoms with Gasteiger partial charge in [0.05, 0.1) is 6.61 Å². The van der Waals surface area contributed by atoms with Crippen molar-refractivity contribution < 1.29 is 19.0 Å². The van der Waals surface area contributed by atoms with Crippen molar-refractivity contribution in [3.63, 3.8) is 0 Å². The fourth-order valence-corrected chi connectivity index (χ4v) is 4.58. The zero-order chi connectivity index (χ0) is 25.8. The molecular weight excluding hydrogens is 453 g/mol. The molecule has 0 saturated carbocycles. The molecule has 2 aliphatic rings. The van der Waals surface area contributed by atoms with Crippen molar-refractivity contribution in [3.8, 4) is 0 Å². The number of esters is 1. The van der Waals surface area contributed by atoms with Crippen LogP contribution < -0.4 is 15.5 Å². The van der Waals surface area contributed by atoms with Crippen LogP contribution in [0.2, 0.25) is 0 Å². The monoisotopic (exact) mass is 491 g/mol. The Kier molecular flexibility index (Phi) is 8.65. The number of piperidine rings is 2. The molecule has 0 radical (unpaired) electrons. The molecule has 2 aliphatic heterocycles. The van der Waals surface area contributed by atoms with E-state index < -0.39 is 12.4 Å². The van der Waals surface area contributed by atoms with Gasteiger partial charge in [-0.25, -0.2) is 9.37 Å². The van der Waals surface area contributed by atoms with Crippen LogP contribution in [0.15, 0.2) is 6.07 Å². The maximum Gasteiger partial charge on any atom is 0.303 e. The number of carbonyl (C=O) groups excluding carboxylic acids is 1. The van der Waals surface area contributed by atoms with Gasteiger partial charge >= 0.3 is 5.97 Å². The van der Waals surface area contributed by atoms with Gasteiger partial charge in [0.2, 0.25) is 5.95 Å². The number of aryl methyl sites for hydroxylation is 1. The Bertz CT molecular complexity index is 995. The zero-order valence-corrected chi connectivity index (χ0v) is 21.5. The van der Waals surface area contributed by atoms with Crippen molar-refractivity contribution >= 4 is 23.6 Å². The van der Waals surface area contributed by atoms with Gasteiger partial charge in [0.15, 0.2) is 17.5 Å². The van der Waals surface area contributed by atoms with E-state index in [4.69, 9.17) is 4.74 Å². The lowest BCUT2D eigenvalue weighted by Crippen LogP contribution is -2.54. The quantitative estimate of drug-likeness (QED) is 0.466. The first kappa shape index (κ1) is 26.8. The molecule has 3 atom stereocenters. The van der Waals surface area contributed by atoms with Crippen LogP contribution in [0.4, 0.5) is 22.0 Å². The minimum absolute atomic E-state index is 0.0178. The molecule has 0 aliphatic carbocycles. The van der Waals surface area contributed by atoms with Gasteiger partial charge in [-0.05, 0) is 53.4 Å². The molecule has 2 fully saturated rings. The molecule has 0 aromatic carbocycles. The molecule has 4 rings (SSSR count). The second-order valence-corrected chi connectivity index (χ2v) is 10.3. The molecule has 2 saturated heterocycles. The number of fused-ring (bicyclic) bond motifs is 2. The van der Waals surface area contributed by atoms with Crippen molar-refractivity contribution in [1.82, 2.24) is 25.5 Å². The summed E-state index contributed by atoms with van der Waals surface area (Å²) in [6.45, 7) is 8.31. The average Bonchev–Trinajstić information content (AvgIpc) is 3.17. The Labute approximate surface area is 206 Å². The molecule has 10 nitrogen and oxygen atoms in total. The molecular formula is C24H38FN7O3. The third kappa shape index (κ3) is 7.60. The molecule has 35 heavy (non-hydrogen) atoms. The lowest BCUT2D eigenvalue weighted by atomic mass is 9.83. The van der Waals surface area contributed by atoms with Gasteiger partial charge in [-0.15, -0.1) is 0 Å². The van der Waals surface area contributed by atoms with Gasteiger partial charge in [-0.1, -0.05) is 6.42 Å². The van der Waals surface area contributed by atoms with Crippen LogP contribution in [0.5, 0.6) is 0 Å².